The molecule has 2 aliphatic rings. The number of esters is 1. The van der Waals surface area contributed by atoms with Gasteiger partial charge in [-0.3, -0.25) is 4.79 Å². The highest BCUT2D eigenvalue weighted by Crippen LogP contribution is 2.46. The van der Waals surface area contributed by atoms with Crippen molar-refractivity contribution in [2.75, 3.05) is 31.6 Å². The summed E-state index contributed by atoms with van der Waals surface area (Å²) in [7, 11) is 0. The van der Waals surface area contributed by atoms with Crippen LogP contribution in [0.15, 0.2) is 12.1 Å². The van der Waals surface area contributed by atoms with Gasteiger partial charge in [0.2, 0.25) is 0 Å². The zero-order valence-electron chi connectivity index (χ0n) is 17.9. The highest BCUT2D eigenvalue weighted by atomic mass is 16.5. The molecule has 28 heavy (non-hydrogen) atoms. The zero-order chi connectivity index (χ0) is 20.4. The van der Waals surface area contributed by atoms with Gasteiger partial charge in [0.05, 0.1) is 37.5 Å². The summed E-state index contributed by atoms with van der Waals surface area (Å²) < 4.78 is 6.15. The lowest BCUT2D eigenvalue weighted by atomic mass is 9.71. The van der Waals surface area contributed by atoms with Crippen LogP contribution in [0.1, 0.15) is 73.9 Å². The summed E-state index contributed by atoms with van der Waals surface area (Å²) >= 11 is 0. The molecule has 2 fully saturated rings. The van der Waals surface area contributed by atoms with Crippen molar-refractivity contribution in [3.05, 3.63) is 28.8 Å². The molecule has 0 aromatic heterocycles. The average molecular weight is 388 g/mol. The molecule has 0 spiro atoms. The van der Waals surface area contributed by atoms with Gasteiger partial charge < -0.3 is 14.5 Å². The molecule has 1 aromatic rings. The predicted octanol–water partition coefficient (Wildman–Crippen LogP) is 4.36. The van der Waals surface area contributed by atoms with Crippen LogP contribution in [0.2, 0.25) is 0 Å². The Balaban J connectivity index is 1.95. The monoisotopic (exact) mass is 387 g/mol. The summed E-state index contributed by atoms with van der Waals surface area (Å²) in [6.45, 7) is 11.4. The first-order valence-electron chi connectivity index (χ1n) is 10.8. The van der Waals surface area contributed by atoms with E-state index < -0.39 is 0 Å². The van der Waals surface area contributed by atoms with Gasteiger partial charge in [-0.15, -0.1) is 0 Å². The third-order valence-electron chi connectivity index (χ3n) is 7.00. The van der Waals surface area contributed by atoms with Crippen LogP contribution >= 0.6 is 0 Å². The van der Waals surface area contributed by atoms with Crippen LogP contribution in [-0.4, -0.2) is 48.1 Å². The molecule has 154 valence electrons. The number of aryl methyl sites for hydroxylation is 2. The van der Waals surface area contributed by atoms with Gasteiger partial charge in [-0.2, -0.15) is 0 Å². The number of hydrogen-bond donors (Lipinski definition) is 1. The summed E-state index contributed by atoms with van der Waals surface area (Å²) in [4.78, 5) is 26.2. The fourth-order valence-corrected chi connectivity index (χ4v) is 5.33. The molecule has 0 bridgehead atoms. The average Bonchev–Trinajstić information content (AvgIpc) is 2.63. The first kappa shape index (κ1) is 20.8. The Morgan fingerprint density at radius 3 is 2.29 bits per heavy atom. The first-order valence-corrected chi connectivity index (χ1v) is 10.8. The predicted molar refractivity (Wildman–Crippen MR) is 111 cm³/mol. The van der Waals surface area contributed by atoms with Gasteiger partial charge in [0, 0.05) is 12.8 Å². The van der Waals surface area contributed by atoms with Gasteiger partial charge in [-0.1, -0.05) is 6.07 Å². The van der Waals surface area contributed by atoms with Crippen LogP contribution in [0.4, 0.5) is 5.69 Å². The third kappa shape index (κ3) is 3.45. The molecule has 1 aliphatic heterocycles. The van der Waals surface area contributed by atoms with Gasteiger partial charge >= 0.3 is 5.97 Å². The number of quaternary nitrogens is 1. The normalized spacial score (nSPS) is 20.1. The number of anilines is 1. The van der Waals surface area contributed by atoms with E-state index in [1.54, 1.807) is 6.92 Å². The van der Waals surface area contributed by atoms with Crippen LogP contribution in [0.3, 0.4) is 0 Å². The number of carbonyl (C=O) groups excluding carboxylic acids is 2. The SMILES string of the molecule is CCOC(=O)c1cc(C)cc(C)c1NC(=O)C1([N+]2(CC)CCCCC2)CCC1. The molecule has 0 atom stereocenters. The maximum Gasteiger partial charge on any atom is 0.340 e. The van der Waals surface area contributed by atoms with Crippen molar-refractivity contribution in [2.45, 2.75) is 71.8 Å². The second-order valence-electron chi connectivity index (χ2n) is 8.53. The molecule has 1 aromatic carbocycles. The molecule has 0 radical (unpaired) electrons. The van der Waals surface area contributed by atoms with E-state index in [1.807, 2.05) is 26.0 Å². The number of carbonyl (C=O) groups is 2. The molecule has 5 heteroatoms. The van der Waals surface area contributed by atoms with Crippen LogP contribution in [0.5, 0.6) is 0 Å². The largest absolute Gasteiger partial charge is 0.462 e. The zero-order valence-corrected chi connectivity index (χ0v) is 17.9. The number of nitrogens with one attached hydrogen (secondary N) is 1. The molecular formula is C23H35N2O3+. The molecular weight excluding hydrogens is 352 g/mol. The van der Waals surface area contributed by atoms with E-state index in [4.69, 9.17) is 4.74 Å². The van der Waals surface area contributed by atoms with Gasteiger partial charge in [0.25, 0.3) is 5.91 Å². The van der Waals surface area contributed by atoms with Crippen molar-refractivity contribution >= 4 is 17.6 Å². The van der Waals surface area contributed by atoms with E-state index in [0.29, 0.717) is 17.9 Å². The minimum absolute atomic E-state index is 0.0833. The maximum atomic E-state index is 13.7. The molecule has 1 amide bonds. The number of likely N-dealkylation sites (tertiary alicyclic amines) is 1. The molecule has 3 rings (SSSR count). The molecule has 5 nitrogen and oxygen atoms in total. The van der Waals surface area contributed by atoms with E-state index in [0.717, 1.165) is 54.5 Å². The summed E-state index contributed by atoms with van der Waals surface area (Å²) in [5.41, 5.74) is 2.63. The van der Waals surface area contributed by atoms with Crippen LogP contribution < -0.4 is 5.32 Å². The first-order chi connectivity index (χ1) is 13.4. The topological polar surface area (TPSA) is 55.4 Å². The van der Waals surface area contributed by atoms with Gasteiger partial charge in [-0.25, -0.2) is 4.79 Å². The Kier molecular flexibility index (Phi) is 6.13. The van der Waals surface area contributed by atoms with Crippen LogP contribution in [0.25, 0.3) is 0 Å². The van der Waals surface area contributed by atoms with Crippen LogP contribution in [0, 0.1) is 13.8 Å². The van der Waals surface area contributed by atoms with E-state index in [1.165, 1.54) is 19.3 Å². The number of piperidine rings is 1. The highest BCUT2D eigenvalue weighted by Gasteiger charge is 2.59. The molecule has 1 heterocycles. The molecule has 1 saturated heterocycles. The summed E-state index contributed by atoms with van der Waals surface area (Å²) in [6, 6.07) is 3.83. The highest BCUT2D eigenvalue weighted by molar-refractivity contribution is 6.05. The summed E-state index contributed by atoms with van der Waals surface area (Å²) in [6.07, 6.45) is 6.63. The minimum Gasteiger partial charge on any atom is -0.462 e. The lowest BCUT2D eigenvalue weighted by Crippen LogP contribution is -2.73. The number of hydrogen-bond acceptors (Lipinski definition) is 3. The van der Waals surface area contributed by atoms with Gasteiger partial charge in [-0.05, 0) is 70.6 Å². The number of nitrogens with zero attached hydrogens (tertiary/aromatic N) is 1. The molecule has 0 unspecified atom stereocenters. The third-order valence-corrected chi connectivity index (χ3v) is 7.00. The molecule has 1 aliphatic carbocycles. The number of rotatable bonds is 6. The van der Waals surface area contributed by atoms with Gasteiger partial charge in [0.1, 0.15) is 0 Å². The number of likely N-dealkylation sites (N-methyl/N-ethyl adjacent to an activating group) is 1. The summed E-state index contributed by atoms with van der Waals surface area (Å²) in [5, 5.41) is 3.19. The van der Waals surface area contributed by atoms with Crippen molar-refractivity contribution in [3.63, 3.8) is 0 Å². The van der Waals surface area contributed by atoms with E-state index in [9.17, 15) is 9.59 Å². The van der Waals surface area contributed by atoms with E-state index in [-0.39, 0.29) is 17.4 Å². The Bertz CT molecular complexity index is 746. The van der Waals surface area contributed by atoms with Gasteiger partial charge in [0.15, 0.2) is 5.54 Å². The van der Waals surface area contributed by atoms with Crippen molar-refractivity contribution in [1.82, 2.24) is 0 Å². The summed E-state index contributed by atoms with van der Waals surface area (Å²) in [5.74, 6) is -0.287. The minimum atomic E-state index is -0.371. The second-order valence-corrected chi connectivity index (χ2v) is 8.53. The van der Waals surface area contributed by atoms with E-state index >= 15 is 0 Å². The Labute approximate surface area is 169 Å². The Morgan fingerprint density at radius 1 is 1.07 bits per heavy atom. The smallest absolute Gasteiger partial charge is 0.340 e. The lowest BCUT2D eigenvalue weighted by Gasteiger charge is -2.57. The number of benzene rings is 1. The maximum absolute atomic E-state index is 13.7. The lowest BCUT2D eigenvalue weighted by molar-refractivity contribution is -0.974. The standard InChI is InChI=1S/C23H34N2O3/c1-5-25(13-8-7-9-14-25)23(11-10-12-23)22(27)24-20-18(4)15-17(3)16-19(20)21(26)28-6-2/h15-16H,5-14H2,1-4H3/p+1. The molecule has 1 saturated carbocycles. The van der Waals surface area contributed by atoms with Crippen molar-refractivity contribution in [3.8, 4) is 0 Å². The van der Waals surface area contributed by atoms with Crippen LogP contribution in [-0.2, 0) is 9.53 Å². The van der Waals surface area contributed by atoms with Crippen molar-refractivity contribution in [2.24, 2.45) is 0 Å². The molecule has 1 N–H and O–H groups in total. The van der Waals surface area contributed by atoms with E-state index in [2.05, 4.69) is 12.2 Å². The fourth-order valence-electron chi connectivity index (χ4n) is 5.33. The quantitative estimate of drug-likeness (QED) is 0.583. The number of amides is 1. The van der Waals surface area contributed by atoms with Crippen molar-refractivity contribution in [1.29, 1.82) is 0 Å². The number of ether oxygens (including phenoxy) is 1. The second kappa shape index (κ2) is 8.24. The Hall–Kier alpha value is -1.88. The van der Waals surface area contributed by atoms with Crippen molar-refractivity contribution < 1.29 is 18.8 Å². The Morgan fingerprint density at radius 2 is 1.75 bits per heavy atom. The fraction of sp³-hybridized carbons (Fsp3) is 0.652.